The molecule has 0 spiro atoms. The van der Waals surface area contributed by atoms with Gasteiger partial charge in [-0.1, -0.05) is 13.8 Å². The van der Waals surface area contributed by atoms with Crippen LogP contribution in [0.1, 0.15) is 46.0 Å². The van der Waals surface area contributed by atoms with Gasteiger partial charge in [-0.3, -0.25) is 19.2 Å². The second-order valence-electron chi connectivity index (χ2n) is 7.24. The summed E-state index contributed by atoms with van der Waals surface area (Å²) in [5.74, 6) is -4.22. The van der Waals surface area contributed by atoms with Crippen molar-refractivity contribution in [2.24, 2.45) is 23.1 Å². The Bertz CT molecular complexity index is 612. The topological polar surface area (TPSA) is 220 Å². The Morgan fingerprint density at radius 2 is 1.50 bits per heavy atom. The number of carbonyl (C=O) groups excluding carboxylic acids is 4. The van der Waals surface area contributed by atoms with Crippen molar-refractivity contribution in [1.82, 2.24) is 16.0 Å². The Kier molecular flexibility index (Phi) is 13.0. The fraction of sp³-hybridized carbons (Fsp3) is 0.722. The van der Waals surface area contributed by atoms with Gasteiger partial charge in [-0.05, 0) is 38.1 Å². The SMILES string of the molecule is CC(C)C(NC(=O)C(CCC(N)=O)NC(=O)CN)C(=O)NC(CCCCN)C(=O)O. The molecule has 172 valence electrons. The minimum atomic E-state index is -1.19. The Morgan fingerprint density at radius 1 is 0.867 bits per heavy atom. The lowest BCUT2D eigenvalue weighted by molar-refractivity contribution is -0.142. The summed E-state index contributed by atoms with van der Waals surface area (Å²) < 4.78 is 0. The number of primary amides is 1. The van der Waals surface area contributed by atoms with Gasteiger partial charge in [-0.15, -0.1) is 0 Å². The molecule has 0 saturated carbocycles. The smallest absolute Gasteiger partial charge is 0.326 e. The van der Waals surface area contributed by atoms with Crippen LogP contribution in [0.3, 0.4) is 0 Å². The van der Waals surface area contributed by atoms with Crippen LogP contribution in [-0.4, -0.2) is 65.9 Å². The summed E-state index contributed by atoms with van der Waals surface area (Å²) in [7, 11) is 0. The van der Waals surface area contributed by atoms with Gasteiger partial charge in [0, 0.05) is 6.42 Å². The number of hydrogen-bond donors (Lipinski definition) is 7. The molecule has 0 aliphatic carbocycles. The van der Waals surface area contributed by atoms with Gasteiger partial charge >= 0.3 is 5.97 Å². The maximum atomic E-state index is 12.6. The van der Waals surface area contributed by atoms with Crippen LogP contribution in [0, 0.1) is 5.92 Å². The second kappa shape index (κ2) is 14.3. The minimum absolute atomic E-state index is 0.0732. The first-order chi connectivity index (χ1) is 14.0. The summed E-state index contributed by atoms with van der Waals surface area (Å²) in [5.41, 5.74) is 15.7. The van der Waals surface area contributed by atoms with Crippen molar-refractivity contribution in [2.45, 2.75) is 64.1 Å². The molecule has 3 atom stereocenters. The van der Waals surface area contributed by atoms with Crippen LogP contribution in [0.2, 0.25) is 0 Å². The molecule has 0 aromatic heterocycles. The number of carbonyl (C=O) groups is 5. The Hall–Kier alpha value is -2.73. The maximum Gasteiger partial charge on any atom is 0.326 e. The molecular weight excluding hydrogens is 396 g/mol. The Morgan fingerprint density at radius 3 is 1.97 bits per heavy atom. The first-order valence-electron chi connectivity index (χ1n) is 9.84. The zero-order valence-electron chi connectivity index (χ0n) is 17.5. The van der Waals surface area contributed by atoms with Crippen LogP contribution in [0.25, 0.3) is 0 Å². The predicted octanol–water partition coefficient (Wildman–Crippen LogP) is -2.47. The summed E-state index contributed by atoms with van der Waals surface area (Å²) in [6.07, 6.45) is 1.10. The Labute approximate surface area is 175 Å². The third-order valence-corrected chi connectivity index (χ3v) is 4.32. The van der Waals surface area contributed by atoms with E-state index in [9.17, 15) is 29.1 Å². The van der Waals surface area contributed by atoms with E-state index in [1.807, 2.05) is 0 Å². The molecule has 10 N–H and O–H groups in total. The molecule has 0 aromatic rings. The first kappa shape index (κ1) is 27.3. The summed E-state index contributed by atoms with van der Waals surface area (Å²) >= 11 is 0. The van der Waals surface area contributed by atoms with Crippen molar-refractivity contribution in [2.75, 3.05) is 13.1 Å². The molecule has 0 bridgehead atoms. The number of carboxylic acid groups (broad SMARTS) is 1. The number of nitrogens with two attached hydrogens (primary N) is 3. The van der Waals surface area contributed by atoms with E-state index in [1.54, 1.807) is 13.8 Å². The quantitative estimate of drug-likeness (QED) is 0.138. The van der Waals surface area contributed by atoms with Crippen molar-refractivity contribution >= 4 is 29.6 Å². The van der Waals surface area contributed by atoms with Crippen molar-refractivity contribution in [3.63, 3.8) is 0 Å². The summed E-state index contributed by atoms with van der Waals surface area (Å²) in [6.45, 7) is 3.39. The fourth-order valence-electron chi connectivity index (χ4n) is 2.61. The molecule has 0 fully saturated rings. The van der Waals surface area contributed by atoms with E-state index in [2.05, 4.69) is 16.0 Å². The number of carboxylic acids is 1. The molecule has 0 radical (unpaired) electrons. The molecule has 3 unspecified atom stereocenters. The number of aliphatic carboxylic acids is 1. The number of hydrogen-bond acceptors (Lipinski definition) is 7. The van der Waals surface area contributed by atoms with E-state index in [0.29, 0.717) is 19.4 Å². The lowest BCUT2D eigenvalue weighted by Crippen LogP contribution is -2.57. The second-order valence-corrected chi connectivity index (χ2v) is 7.24. The highest BCUT2D eigenvalue weighted by molar-refractivity contribution is 5.94. The van der Waals surface area contributed by atoms with Crippen LogP contribution in [0.4, 0.5) is 0 Å². The molecule has 0 saturated heterocycles. The van der Waals surface area contributed by atoms with Gasteiger partial charge < -0.3 is 38.3 Å². The van der Waals surface area contributed by atoms with E-state index in [1.165, 1.54) is 0 Å². The monoisotopic (exact) mass is 430 g/mol. The lowest BCUT2D eigenvalue weighted by atomic mass is 10.0. The van der Waals surface area contributed by atoms with Gasteiger partial charge in [-0.2, -0.15) is 0 Å². The van der Waals surface area contributed by atoms with Crippen LogP contribution in [0.5, 0.6) is 0 Å². The van der Waals surface area contributed by atoms with Crippen LogP contribution in [0.15, 0.2) is 0 Å². The number of nitrogens with one attached hydrogen (secondary N) is 3. The Balaban J connectivity index is 5.23. The lowest BCUT2D eigenvalue weighted by Gasteiger charge is -2.26. The largest absolute Gasteiger partial charge is 0.480 e. The van der Waals surface area contributed by atoms with Gasteiger partial charge in [-0.25, -0.2) is 4.79 Å². The number of amides is 4. The molecule has 12 nitrogen and oxygen atoms in total. The predicted molar refractivity (Wildman–Crippen MR) is 109 cm³/mol. The molecule has 0 heterocycles. The van der Waals surface area contributed by atoms with E-state index >= 15 is 0 Å². The maximum absolute atomic E-state index is 12.6. The van der Waals surface area contributed by atoms with Crippen LogP contribution >= 0.6 is 0 Å². The number of unbranched alkanes of at least 4 members (excludes halogenated alkanes) is 1. The molecule has 0 aliphatic heterocycles. The van der Waals surface area contributed by atoms with Crippen LogP contribution in [-0.2, 0) is 24.0 Å². The molecule has 0 aromatic carbocycles. The zero-order valence-corrected chi connectivity index (χ0v) is 17.5. The summed E-state index contributed by atoms with van der Waals surface area (Å²) in [6, 6.07) is -3.30. The first-order valence-corrected chi connectivity index (χ1v) is 9.84. The molecule has 4 amide bonds. The summed E-state index contributed by atoms with van der Waals surface area (Å²) in [4.78, 5) is 59.3. The van der Waals surface area contributed by atoms with Crippen LogP contribution < -0.4 is 33.2 Å². The zero-order chi connectivity index (χ0) is 23.3. The van der Waals surface area contributed by atoms with E-state index in [0.717, 1.165) is 0 Å². The minimum Gasteiger partial charge on any atom is -0.480 e. The van der Waals surface area contributed by atoms with Gasteiger partial charge in [0.25, 0.3) is 0 Å². The number of rotatable bonds is 15. The highest BCUT2D eigenvalue weighted by Crippen LogP contribution is 2.07. The van der Waals surface area contributed by atoms with Crippen molar-refractivity contribution in [1.29, 1.82) is 0 Å². The molecule has 30 heavy (non-hydrogen) atoms. The van der Waals surface area contributed by atoms with E-state index in [4.69, 9.17) is 17.2 Å². The molecule has 0 rings (SSSR count). The van der Waals surface area contributed by atoms with E-state index < -0.39 is 47.7 Å². The van der Waals surface area contributed by atoms with Gasteiger partial charge in [0.2, 0.25) is 23.6 Å². The highest BCUT2D eigenvalue weighted by Gasteiger charge is 2.31. The van der Waals surface area contributed by atoms with Gasteiger partial charge in [0.05, 0.1) is 6.54 Å². The average molecular weight is 431 g/mol. The van der Waals surface area contributed by atoms with Crippen molar-refractivity contribution in [3.05, 3.63) is 0 Å². The average Bonchev–Trinajstić information content (AvgIpc) is 2.67. The van der Waals surface area contributed by atoms with E-state index in [-0.39, 0.29) is 31.7 Å². The molecule has 12 heteroatoms. The normalized spacial score (nSPS) is 13.8. The van der Waals surface area contributed by atoms with Gasteiger partial charge in [0.1, 0.15) is 18.1 Å². The third kappa shape index (κ3) is 10.7. The van der Waals surface area contributed by atoms with Crippen molar-refractivity contribution in [3.8, 4) is 0 Å². The summed E-state index contributed by atoms with van der Waals surface area (Å²) in [5, 5.41) is 16.6. The van der Waals surface area contributed by atoms with Crippen molar-refractivity contribution < 1.29 is 29.1 Å². The molecular formula is C18H34N6O6. The standard InChI is InChI=1S/C18H34N6O6/c1-10(2)15(17(28)23-12(18(29)30)5-3-4-8-19)24-16(27)11(6-7-13(21)25)22-14(26)9-20/h10-12,15H,3-9,19-20H2,1-2H3,(H2,21,25)(H,22,26)(H,23,28)(H,24,27)(H,29,30). The highest BCUT2D eigenvalue weighted by atomic mass is 16.4. The fourth-order valence-corrected chi connectivity index (χ4v) is 2.61. The van der Waals surface area contributed by atoms with Gasteiger partial charge in [0.15, 0.2) is 0 Å². The third-order valence-electron chi connectivity index (χ3n) is 4.32. The molecule has 0 aliphatic rings.